The molecule has 0 aliphatic heterocycles. The van der Waals surface area contributed by atoms with Crippen LogP contribution < -0.4 is 9.80 Å². The fourth-order valence-electron chi connectivity index (χ4n) is 7.76. The van der Waals surface area contributed by atoms with Gasteiger partial charge in [-0.1, -0.05) is 158 Å². The summed E-state index contributed by atoms with van der Waals surface area (Å²) >= 11 is 1.89. The van der Waals surface area contributed by atoms with E-state index in [0.29, 0.717) is 0 Å². The van der Waals surface area contributed by atoms with Gasteiger partial charge < -0.3 is 9.80 Å². The average Bonchev–Trinajstić information content (AvgIpc) is 3.65. The first-order valence-corrected chi connectivity index (χ1v) is 19.5. The number of nitrogens with zero attached hydrogens (tertiary/aromatic N) is 2. The maximum absolute atomic E-state index is 2.43. The maximum atomic E-state index is 2.43. The smallest absolute Gasteiger partial charge is 0.0661 e. The van der Waals surface area contributed by atoms with Crippen molar-refractivity contribution >= 4 is 76.4 Å². The summed E-state index contributed by atoms with van der Waals surface area (Å²) in [6.07, 6.45) is 0. The molecule has 260 valence electrons. The molecule has 0 radical (unpaired) electrons. The lowest BCUT2D eigenvalue weighted by molar-refractivity contribution is 1.26. The molecule has 10 aromatic rings. The van der Waals surface area contributed by atoms with E-state index in [9.17, 15) is 0 Å². The molecule has 0 saturated heterocycles. The summed E-state index contributed by atoms with van der Waals surface area (Å²) in [6, 6.07) is 78.8. The first-order valence-electron chi connectivity index (χ1n) is 18.7. The molecule has 0 bridgehead atoms. The monoisotopic (exact) mass is 720 g/mol. The van der Waals surface area contributed by atoms with Crippen LogP contribution in [0.25, 0.3) is 53.2 Å². The van der Waals surface area contributed by atoms with Gasteiger partial charge in [-0.15, -0.1) is 11.3 Å². The van der Waals surface area contributed by atoms with Gasteiger partial charge in [0.15, 0.2) is 0 Å². The van der Waals surface area contributed by atoms with E-state index < -0.39 is 0 Å². The van der Waals surface area contributed by atoms with Crippen molar-refractivity contribution in [3.05, 3.63) is 218 Å². The third-order valence-corrected chi connectivity index (χ3v) is 11.7. The van der Waals surface area contributed by atoms with Crippen molar-refractivity contribution in [1.82, 2.24) is 0 Å². The highest BCUT2D eigenvalue weighted by atomic mass is 32.1. The van der Waals surface area contributed by atoms with Gasteiger partial charge in [0.1, 0.15) is 0 Å². The average molecular weight is 721 g/mol. The lowest BCUT2D eigenvalue weighted by atomic mass is 10.0. The largest absolute Gasteiger partial charge is 0.310 e. The number of benzene rings is 9. The standard InChI is InChI=1S/C52H36N2S/c1-5-15-37(16-6-1)39-25-30-44(31-26-39)53(42-20-9-3-10-21-42)46-35-49-48-34-29-41-19-13-14-24-47(41)51(48)55-52(49)50(36-46)54(43-22-11-4-12-23-43)45-32-27-40(28-33-45)38-17-7-2-8-18-38/h1-36H. The molecule has 3 heteroatoms. The summed E-state index contributed by atoms with van der Waals surface area (Å²) < 4.78 is 2.55. The number of para-hydroxylation sites is 2. The normalized spacial score (nSPS) is 11.3. The lowest BCUT2D eigenvalue weighted by Crippen LogP contribution is -2.13. The first kappa shape index (κ1) is 32.7. The van der Waals surface area contributed by atoms with Crippen LogP contribution in [-0.2, 0) is 0 Å². The van der Waals surface area contributed by atoms with Crippen LogP contribution in [0.3, 0.4) is 0 Å². The van der Waals surface area contributed by atoms with Crippen LogP contribution in [0.1, 0.15) is 0 Å². The topological polar surface area (TPSA) is 6.48 Å². The highest BCUT2D eigenvalue weighted by molar-refractivity contribution is 7.27. The van der Waals surface area contributed by atoms with Gasteiger partial charge in [-0.3, -0.25) is 0 Å². The number of fused-ring (bicyclic) bond motifs is 5. The molecule has 1 aromatic heterocycles. The Bertz CT molecular complexity index is 2890. The second-order valence-corrected chi connectivity index (χ2v) is 14.8. The van der Waals surface area contributed by atoms with Gasteiger partial charge >= 0.3 is 0 Å². The Morgan fingerprint density at radius 3 is 1.31 bits per heavy atom. The molecule has 0 aliphatic rings. The highest BCUT2D eigenvalue weighted by Gasteiger charge is 2.23. The minimum atomic E-state index is 1.09. The van der Waals surface area contributed by atoms with Crippen LogP contribution in [0, 0.1) is 0 Å². The van der Waals surface area contributed by atoms with E-state index in [2.05, 4.69) is 228 Å². The number of hydrogen-bond acceptors (Lipinski definition) is 3. The molecule has 0 spiro atoms. The zero-order valence-corrected chi connectivity index (χ0v) is 30.9. The van der Waals surface area contributed by atoms with E-state index in [4.69, 9.17) is 0 Å². The molecule has 0 N–H and O–H groups in total. The van der Waals surface area contributed by atoms with Crippen LogP contribution in [0.5, 0.6) is 0 Å². The zero-order chi connectivity index (χ0) is 36.6. The molecule has 0 saturated carbocycles. The molecule has 0 unspecified atom stereocenters. The Hall–Kier alpha value is -6.94. The third kappa shape index (κ3) is 6.11. The molecule has 0 aliphatic carbocycles. The van der Waals surface area contributed by atoms with Crippen molar-refractivity contribution in [1.29, 1.82) is 0 Å². The lowest BCUT2D eigenvalue weighted by Gasteiger charge is -2.30. The summed E-state index contributed by atoms with van der Waals surface area (Å²) in [5, 5.41) is 5.04. The number of anilines is 6. The molecular weight excluding hydrogens is 685 g/mol. The SMILES string of the molecule is c1ccc(-c2ccc(N(c3ccccc3)c3cc(N(c4ccccc4)c4ccc(-c5ccccc5)cc4)c4sc5c6ccccc6ccc5c4c3)cc2)cc1. The van der Waals surface area contributed by atoms with Crippen molar-refractivity contribution < 1.29 is 0 Å². The van der Waals surface area contributed by atoms with Crippen molar-refractivity contribution in [2.45, 2.75) is 0 Å². The summed E-state index contributed by atoms with van der Waals surface area (Å²) in [4.78, 5) is 4.82. The van der Waals surface area contributed by atoms with Crippen molar-refractivity contribution in [2.75, 3.05) is 9.80 Å². The molecular formula is C52H36N2S. The van der Waals surface area contributed by atoms with Crippen LogP contribution in [0.4, 0.5) is 34.1 Å². The van der Waals surface area contributed by atoms with Gasteiger partial charge in [0.2, 0.25) is 0 Å². The van der Waals surface area contributed by atoms with Crippen molar-refractivity contribution in [2.24, 2.45) is 0 Å². The number of rotatable bonds is 8. The van der Waals surface area contributed by atoms with E-state index in [0.717, 1.165) is 34.1 Å². The molecule has 1 heterocycles. The first-order chi connectivity index (χ1) is 27.3. The fourth-order valence-corrected chi connectivity index (χ4v) is 9.09. The van der Waals surface area contributed by atoms with E-state index in [1.165, 1.54) is 53.2 Å². The quantitative estimate of drug-likeness (QED) is 0.154. The predicted octanol–water partition coefficient (Wildman–Crippen LogP) is 15.5. The Morgan fingerprint density at radius 1 is 0.273 bits per heavy atom. The van der Waals surface area contributed by atoms with Crippen LogP contribution in [0.2, 0.25) is 0 Å². The van der Waals surface area contributed by atoms with Crippen LogP contribution in [-0.4, -0.2) is 0 Å². The van der Waals surface area contributed by atoms with Gasteiger partial charge in [-0.2, -0.15) is 0 Å². The Balaban J connectivity index is 1.23. The summed E-state index contributed by atoms with van der Waals surface area (Å²) in [6.45, 7) is 0. The molecule has 0 atom stereocenters. The van der Waals surface area contributed by atoms with Gasteiger partial charge in [0.25, 0.3) is 0 Å². The minimum Gasteiger partial charge on any atom is -0.310 e. The van der Waals surface area contributed by atoms with E-state index in [1.807, 2.05) is 11.3 Å². The minimum absolute atomic E-state index is 1.09. The zero-order valence-electron chi connectivity index (χ0n) is 30.1. The van der Waals surface area contributed by atoms with Crippen LogP contribution in [0.15, 0.2) is 218 Å². The van der Waals surface area contributed by atoms with Crippen molar-refractivity contribution in [3.63, 3.8) is 0 Å². The summed E-state index contributed by atoms with van der Waals surface area (Å²) in [5.74, 6) is 0. The van der Waals surface area contributed by atoms with E-state index in [1.54, 1.807) is 0 Å². The molecule has 10 rings (SSSR count). The molecule has 55 heavy (non-hydrogen) atoms. The van der Waals surface area contributed by atoms with Crippen LogP contribution >= 0.6 is 11.3 Å². The summed E-state index contributed by atoms with van der Waals surface area (Å²) in [7, 11) is 0. The van der Waals surface area contributed by atoms with Crippen molar-refractivity contribution in [3.8, 4) is 22.3 Å². The third-order valence-electron chi connectivity index (χ3n) is 10.4. The predicted molar refractivity (Wildman–Crippen MR) is 237 cm³/mol. The number of thiophene rings is 1. The molecule has 0 fully saturated rings. The maximum Gasteiger partial charge on any atom is 0.0661 e. The number of hydrogen-bond donors (Lipinski definition) is 0. The van der Waals surface area contributed by atoms with Gasteiger partial charge in [0, 0.05) is 43.9 Å². The Labute approximate surface area is 325 Å². The van der Waals surface area contributed by atoms with Gasteiger partial charge in [-0.05, 0) is 93.7 Å². The second kappa shape index (κ2) is 14.1. The van der Waals surface area contributed by atoms with E-state index >= 15 is 0 Å². The second-order valence-electron chi connectivity index (χ2n) is 13.8. The molecule has 0 amide bonds. The fraction of sp³-hybridized carbons (Fsp3) is 0. The molecule has 2 nitrogen and oxygen atoms in total. The van der Waals surface area contributed by atoms with Gasteiger partial charge in [-0.25, -0.2) is 0 Å². The molecule has 9 aromatic carbocycles. The highest BCUT2D eigenvalue weighted by Crippen LogP contribution is 2.50. The summed E-state index contributed by atoms with van der Waals surface area (Å²) in [5.41, 5.74) is 11.4. The van der Waals surface area contributed by atoms with E-state index in [-0.39, 0.29) is 0 Å². The Morgan fingerprint density at radius 2 is 0.727 bits per heavy atom. The van der Waals surface area contributed by atoms with Gasteiger partial charge in [0.05, 0.1) is 10.4 Å². The Kier molecular flexibility index (Phi) is 8.40.